The van der Waals surface area contributed by atoms with Crippen molar-refractivity contribution in [2.45, 2.75) is 13.8 Å². The maximum atomic E-state index is 11.6. The number of carbonyl (C=O) groups is 1. The van der Waals surface area contributed by atoms with Gasteiger partial charge in [0.2, 0.25) is 5.91 Å². The van der Waals surface area contributed by atoms with E-state index in [9.17, 15) is 4.79 Å². The summed E-state index contributed by atoms with van der Waals surface area (Å²) in [4.78, 5) is 21.4. The van der Waals surface area contributed by atoms with Gasteiger partial charge >= 0.3 is 6.01 Å². The Morgan fingerprint density at radius 3 is 2.83 bits per heavy atom. The Kier molecular flexibility index (Phi) is 5.64. The number of halogens is 1. The first kappa shape index (κ1) is 14.5. The van der Waals surface area contributed by atoms with E-state index >= 15 is 0 Å². The molecule has 0 aliphatic rings. The zero-order chi connectivity index (χ0) is 13.5. The lowest BCUT2D eigenvalue weighted by Crippen LogP contribution is -2.37. The molecule has 100 valence electrons. The van der Waals surface area contributed by atoms with E-state index in [1.807, 2.05) is 13.8 Å². The van der Waals surface area contributed by atoms with E-state index in [4.69, 9.17) is 16.3 Å². The number of ether oxygens (including phenoxy) is 1. The van der Waals surface area contributed by atoms with Gasteiger partial charge in [0.1, 0.15) is 5.02 Å². The molecule has 0 spiro atoms. The number of likely N-dealkylation sites (N-methyl/N-ethyl adjacent to an activating group) is 2. The van der Waals surface area contributed by atoms with Gasteiger partial charge in [-0.15, -0.1) is 0 Å². The first-order chi connectivity index (χ1) is 8.62. The van der Waals surface area contributed by atoms with Crippen molar-refractivity contribution in [3.05, 3.63) is 11.2 Å². The zero-order valence-corrected chi connectivity index (χ0v) is 11.5. The molecule has 7 heteroatoms. The van der Waals surface area contributed by atoms with Crippen molar-refractivity contribution >= 4 is 23.3 Å². The highest BCUT2D eigenvalue weighted by Gasteiger charge is 2.15. The molecule has 0 bridgehead atoms. The van der Waals surface area contributed by atoms with Crippen molar-refractivity contribution < 1.29 is 9.53 Å². The lowest BCUT2D eigenvalue weighted by molar-refractivity contribution is -0.119. The maximum Gasteiger partial charge on any atom is 0.318 e. The van der Waals surface area contributed by atoms with Crippen molar-refractivity contribution in [1.29, 1.82) is 0 Å². The number of nitrogens with one attached hydrogen (secondary N) is 1. The molecule has 0 fully saturated rings. The first-order valence-corrected chi connectivity index (χ1v) is 6.08. The first-order valence-electron chi connectivity index (χ1n) is 5.70. The Morgan fingerprint density at radius 2 is 2.28 bits per heavy atom. The molecule has 0 unspecified atom stereocenters. The molecule has 1 rings (SSSR count). The fraction of sp³-hybridized carbons (Fsp3) is 0.545. The van der Waals surface area contributed by atoms with Gasteiger partial charge in [-0.3, -0.25) is 4.79 Å². The minimum Gasteiger partial charge on any atom is -0.467 e. The Bertz CT molecular complexity index is 414. The van der Waals surface area contributed by atoms with E-state index in [0.29, 0.717) is 23.9 Å². The van der Waals surface area contributed by atoms with Crippen LogP contribution < -0.4 is 15.0 Å². The number of amides is 1. The fourth-order valence-electron chi connectivity index (χ4n) is 1.43. The van der Waals surface area contributed by atoms with E-state index in [2.05, 4.69) is 15.3 Å². The highest BCUT2D eigenvalue weighted by atomic mass is 35.5. The molecule has 6 nitrogen and oxygen atoms in total. The highest BCUT2D eigenvalue weighted by Crippen LogP contribution is 2.23. The van der Waals surface area contributed by atoms with Gasteiger partial charge < -0.3 is 15.0 Å². The third-order valence-electron chi connectivity index (χ3n) is 2.28. The molecule has 0 aliphatic heterocycles. The van der Waals surface area contributed by atoms with Crippen LogP contribution in [-0.2, 0) is 4.79 Å². The van der Waals surface area contributed by atoms with Crippen LogP contribution in [0.25, 0.3) is 0 Å². The van der Waals surface area contributed by atoms with Crippen LogP contribution in [0.5, 0.6) is 6.01 Å². The second-order valence-corrected chi connectivity index (χ2v) is 3.90. The van der Waals surface area contributed by atoms with Crippen molar-refractivity contribution in [3.8, 4) is 6.01 Å². The van der Waals surface area contributed by atoms with E-state index in [0.717, 1.165) is 0 Å². The van der Waals surface area contributed by atoms with E-state index in [1.165, 1.54) is 13.3 Å². The minimum absolute atomic E-state index is 0.0759. The summed E-state index contributed by atoms with van der Waals surface area (Å²) in [6.07, 6.45) is 1.46. The van der Waals surface area contributed by atoms with Crippen LogP contribution in [0.4, 0.5) is 5.82 Å². The number of methoxy groups -OCH3 is 1. The molecule has 1 aromatic heterocycles. The van der Waals surface area contributed by atoms with Crippen LogP contribution in [-0.4, -0.2) is 42.6 Å². The molecular formula is C11H17ClN4O2. The topological polar surface area (TPSA) is 67.4 Å². The molecule has 0 saturated heterocycles. The van der Waals surface area contributed by atoms with Crippen molar-refractivity contribution in [2.75, 3.05) is 31.6 Å². The Hall–Kier alpha value is -1.56. The van der Waals surface area contributed by atoms with E-state index in [1.54, 1.807) is 4.90 Å². The standard InChI is InChI=1S/C11H17ClN4O2/c1-4-13-9(17)7-16(5-2)10-8(12)6-14-11(15-10)18-3/h6H,4-5,7H2,1-3H3,(H,13,17). The molecule has 0 saturated carbocycles. The van der Waals surface area contributed by atoms with Crippen molar-refractivity contribution in [1.82, 2.24) is 15.3 Å². The maximum absolute atomic E-state index is 11.6. The molecule has 0 atom stereocenters. The van der Waals surface area contributed by atoms with Gasteiger partial charge in [-0.05, 0) is 13.8 Å². The van der Waals surface area contributed by atoms with Crippen LogP contribution in [0.3, 0.4) is 0 Å². The van der Waals surface area contributed by atoms with Crippen LogP contribution in [0.2, 0.25) is 5.02 Å². The largest absolute Gasteiger partial charge is 0.467 e. The summed E-state index contributed by atoms with van der Waals surface area (Å²) in [5.41, 5.74) is 0. The molecule has 1 amide bonds. The summed E-state index contributed by atoms with van der Waals surface area (Å²) < 4.78 is 4.95. The second kappa shape index (κ2) is 7.00. The van der Waals surface area contributed by atoms with Gasteiger partial charge in [0.05, 0.1) is 19.9 Å². The average molecular weight is 273 g/mol. The lowest BCUT2D eigenvalue weighted by atomic mass is 10.4. The van der Waals surface area contributed by atoms with Gasteiger partial charge in [-0.2, -0.15) is 4.98 Å². The number of nitrogens with zero attached hydrogens (tertiary/aromatic N) is 3. The summed E-state index contributed by atoms with van der Waals surface area (Å²) in [6, 6.07) is 0.226. The number of hydrogen-bond acceptors (Lipinski definition) is 5. The Morgan fingerprint density at radius 1 is 1.56 bits per heavy atom. The third kappa shape index (κ3) is 3.73. The highest BCUT2D eigenvalue weighted by molar-refractivity contribution is 6.32. The molecule has 0 radical (unpaired) electrons. The number of anilines is 1. The van der Waals surface area contributed by atoms with Gasteiger partial charge in [-0.1, -0.05) is 11.6 Å². The molecule has 0 aliphatic carbocycles. The summed E-state index contributed by atoms with van der Waals surface area (Å²) in [5.74, 6) is 0.422. The number of hydrogen-bond donors (Lipinski definition) is 1. The van der Waals surface area contributed by atoms with E-state index in [-0.39, 0.29) is 18.5 Å². The predicted molar refractivity (Wildman–Crippen MR) is 70.2 cm³/mol. The lowest BCUT2D eigenvalue weighted by Gasteiger charge is -2.22. The second-order valence-electron chi connectivity index (χ2n) is 3.50. The normalized spacial score (nSPS) is 10.0. The van der Waals surface area contributed by atoms with Crippen LogP contribution in [0, 0.1) is 0 Å². The summed E-state index contributed by atoms with van der Waals surface area (Å²) in [6.45, 7) is 5.19. The molecule has 1 heterocycles. The van der Waals surface area contributed by atoms with Crippen molar-refractivity contribution in [3.63, 3.8) is 0 Å². The van der Waals surface area contributed by atoms with Crippen LogP contribution in [0.15, 0.2) is 6.20 Å². The van der Waals surface area contributed by atoms with E-state index < -0.39 is 0 Å². The number of carbonyl (C=O) groups excluding carboxylic acids is 1. The minimum atomic E-state index is -0.0759. The number of aromatic nitrogens is 2. The summed E-state index contributed by atoms with van der Waals surface area (Å²) in [7, 11) is 1.48. The quantitative estimate of drug-likeness (QED) is 0.840. The Labute approximate surface area is 111 Å². The summed E-state index contributed by atoms with van der Waals surface area (Å²) in [5, 5.41) is 3.12. The van der Waals surface area contributed by atoms with Gasteiger partial charge in [0.15, 0.2) is 5.82 Å². The van der Waals surface area contributed by atoms with Gasteiger partial charge in [-0.25, -0.2) is 4.98 Å². The van der Waals surface area contributed by atoms with Crippen molar-refractivity contribution in [2.24, 2.45) is 0 Å². The molecule has 1 N–H and O–H groups in total. The van der Waals surface area contributed by atoms with Gasteiger partial charge in [0.25, 0.3) is 0 Å². The number of rotatable bonds is 6. The molecular weight excluding hydrogens is 256 g/mol. The summed E-state index contributed by atoms with van der Waals surface area (Å²) >= 11 is 6.03. The van der Waals surface area contributed by atoms with Gasteiger partial charge in [0, 0.05) is 13.1 Å². The molecule has 0 aromatic carbocycles. The molecule has 18 heavy (non-hydrogen) atoms. The third-order valence-corrected chi connectivity index (χ3v) is 2.54. The monoisotopic (exact) mass is 272 g/mol. The SMILES string of the molecule is CCNC(=O)CN(CC)c1nc(OC)ncc1Cl. The average Bonchev–Trinajstić information content (AvgIpc) is 2.37. The predicted octanol–water partition coefficient (Wildman–Crippen LogP) is 1.10. The fourth-order valence-corrected chi connectivity index (χ4v) is 1.64. The Balaban J connectivity index is 2.90. The van der Waals surface area contributed by atoms with Crippen LogP contribution in [0.1, 0.15) is 13.8 Å². The zero-order valence-electron chi connectivity index (χ0n) is 10.7. The smallest absolute Gasteiger partial charge is 0.318 e. The molecule has 1 aromatic rings. The van der Waals surface area contributed by atoms with Crippen LogP contribution >= 0.6 is 11.6 Å².